The predicted molar refractivity (Wildman–Crippen MR) is 59.5 cm³/mol. The zero-order valence-corrected chi connectivity index (χ0v) is 10.1. The number of sulfonamides is 1. The number of hydrogen-bond acceptors (Lipinski definition) is 7. The molecule has 0 atom stereocenters. The van der Waals surface area contributed by atoms with Crippen LogP contribution in [0, 0.1) is 0 Å². The zero-order chi connectivity index (χ0) is 13.0. The van der Waals surface area contributed by atoms with E-state index in [9.17, 15) is 8.42 Å². The normalized spacial score (nSPS) is 11.8. The van der Waals surface area contributed by atoms with Gasteiger partial charge in [0.2, 0.25) is 10.0 Å². The van der Waals surface area contributed by atoms with E-state index >= 15 is 0 Å². The molecule has 0 aliphatic rings. The molecule has 98 valence electrons. The summed E-state index contributed by atoms with van der Waals surface area (Å²) in [4.78, 5) is 0.0689. The maximum absolute atomic E-state index is 11.9. The summed E-state index contributed by atoms with van der Waals surface area (Å²) in [5, 5.41) is 16.7. The molecule has 18 heavy (non-hydrogen) atoms. The molecule has 0 unspecified atom stereocenters. The summed E-state index contributed by atoms with van der Waals surface area (Å²) < 4.78 is 27.5. The van der Waals surface area contributed by atoms with Crippen LogP contribution in [0.4, 0.5) is 0 Å². The van der Waals surface area contributed by atoms with Gasteiger partial charge in [0.1, 0.15) is 4.90 Å². The van der Waals surface area contributed by atoms with Crippen molar-refractivity contribution in [1.82, 2.24) is 35.1 Å². The first-order chi connectivity index (χ1) is 8.62. The van der Waals surface area contributed by atoms with Gasteiger partial charge in [0, 0.05) is 12.7 Å². The number of tetrazole rings is 1. The average molecular weight is 272 g/mol. The highest BCUT2D eigenvalue weighted by molar-refractivity contribution is 7.89. The van der Waals surface area contributed by atoms with Crippen LogP contribution >= 0.6 is 0 Å². The van der Waals surface area contributed by atoms with Crippen LogP contribution in [0.15, 0.2) is 17.3 Å². The Labute approximate surface area is 103 Å². The lowest BCUT2D eigenvalue weighted by atomic mass is 10.6. The highest BCUT2D eigenvalue weighted by Crippen LogP contribution is 2.06. The maximum atomic E-state index is 11.9. The summed E-state index contributed by atoms with van der Waals surface area (Å²) in [6.45, 7) is 0.804. The Bertz CT molecular complexity index is 589. The van der Waals surface area contributed by atoms with Gasteiger partial charge in [0.25, 0.3) is 0 Å². The molecule has 0 bridgehead atoms. The van der Waals surface area contributed by atoms with Crippen LogP contribution in [0.2, 0.25) is 0 Å². The van der Waals surface area contributed by atoms with Gasteiger partial charge in [-0.1, -0.05) is 5.21 Å². The molecule has 0 aliphatic heterocycles. The number of rotatable bonds is 6. The number of aromatic amines is 1. The molecule has 0 fully saturated rings. The van der Waals surface area contributed by atoms with E-state index in [1.54, 1.807) is 0 Å². The van der Waals surface area contributed by atoms with Crippen molar-refractivity contribution in [3.63, 3.8) is 0 Å². The third-order valence-corrected chi connectivity index (χ3v) is 3.44. The second kappa shape index (κ2) is 5.20. The van der Waals surface area contributed by atoms with Gasteiger partial charge >= 0.3 is 0 Å². The van der Waals surface area contributed by atoms with Crippen LogP contribution in [-0.2, 0) is 23.1 Å². The van der Waals surface area contributed by atoms with Gasteiger partial charge < -0.3 is 5.73 Å². The standard InChI is InChI=1S/C7H12N8O2S/c8-1-2-15-5-6(3-9-15)18(16,17)10-4-7-11-13-14-12-7/h3,5,10H,1-2,4,8H2,(H,11,12,13,14). The molecule has 0 aliphatic carbocycles. The number of nitrogens with two attached hydrogens (primary N) is 1. The fourth-order valence-electron chi connectivity index (χ4n) is 1.24. The lowest BCUT2D eigenvalue weighted by Crippen LogP contribution is -2.23. The fraction of sp³-hybridized carbons (Fsp3) is 0.429. The number of nitrogens with zero attached hydrogens (tertiary/aromatic N) is 5. The number of H-pyrrole nitrogens is 1. The van der Waals surface area contributed by atoms with Crippen LogP contribution in [0.25, 0.3) is 0 Å². The predicted octanol–water partition coefficient (Wildman–Crippen LogP) is -2.17. The van der Waals surface area contributed by atoms with Gasteiger partial charge in [-0.3, -0.25) is 4.68 Å². The van der Waals surface area contributed by atoms with Crippen molar-refractivity contribution >= 4 is 10.0 Å². The van der Waals surface area contributed by atoms with E-state index in [2.05, 4.69) is 30.4 Å². The second-order valence-corrected chi connectivity index (χ2v) is 5.15. The van der Waals surface area contributed by atoms with Crippen LogP contribution in [0.5, 0.6) is 0 Å². The quantitative estimate of drug-likeness (QED) is 0.542. The molecule has 0 aromatic carbocycles. The number of nitrogens with one attached hydrogen (secondary N) is 2. The minimum Gasteiger partial charge on any atom is -0.329 e. The molecule has 11 heteroatoms. The Morgan fingerprint density at radius 1 is 1.50 bits per heavy atom. The monoisotopic (exact) mass is 272 g/mol. The molecule has 2 heterocycles. The summed E-state index contributed by atoms with van der Waals surface area (Å²) in [5.41, 5.74) is 5.35. The molecular formula is C7H12N8O2S. The van der Waals surface area contributed by atoms with Crippen molar-refractivity contribution in [2.75, 3.05) is 6.54 Å². The summed E-state index contributed by atoms with van der Waals surface area (Å²) in [6, 6.07) is 0. The first-order valence-corrected chi connectivity index (χ1v) is 6.54. The Morgan fingerprint density at radius 3 is 3.00 bits per heavy atom. The molecule has 2 rings (SSSR count). The Balaban J connectivity index is 2.05. The van der Waals surface area contributed by atoms with Gasteiger partial charge in [0.15, 0.2) is 5.82 Å². The van der Waals surface area contributed by atoms with Crippen molar-refractivity contribution < 1.29 is 8.42 Å². The summed E-state index contributed by atoms with van der Waals surface area (Å²) in [6.07, 6.45) is 2.67. The third-order valence-electron chi connectivity index (χ3n) is 2.09. The lowest BCUT2D eigenvalue weighted by molar-refractivity contribution is 0.578. The van der Waals surface area contributed by atoms with Crippen LogP contribution in [0.1, 0.15) is 5.82 Å². The van der Waals surface area contributed by atoms with E-state index in [-0.39, 0.29) is 17.3 Å². The molecule has 2 aromatic heterocycles. The highest BCUT2D eigenvalue weighted by atomic mass is 32.2. The number of aromatic nitrogens is 6. The lowest BCUT2D eigenvalue weighted by Gasteiger charge is -2.01. The Hall–Kier alpha value is -1.85. The van der Waals surface area contributed by atoms with E-state index in [1.165, 1.54) is 17.1 Å². The molecule has 0 saturated heterocycles. The van der Waals surface area contributed by atoms with E-state index in [1.807, 2.05) is 0 Å². The van der Waals surface area contributed by atoms with Gasteiger partial charge in [-0.15, -0.1) is 10.2 Å². The Morgan fingerprint density at radius 2 is 2.33 bits per heavy atom. The van der Waals surface area contributed by atoms with Crippen molar-refractivity contribution in [2.24, 2.45) is 5.73 Å². The summed E-state index contributed by atoms with van der Waals surface area (Å²) >= 11 is 0. The van der Waals surface area contributed by atoms with Crippen LogP contribution < -0.4 is 10.5 Å². The highest BCUT2D eigenvalue weighted by Gasteiger charge is 2.16. The van der Waals surface area contributed by atoms with Gasteiger partial charge in [-0.2, -0.15) is 10.3 Å². The molecular weight excluding hydrogens is 260 g/mol. The van der Waals surface area contributed by atoms with Gasteiger partial charge in [-0.05, 0) is 0 Å². The van der Waals surface area contributed by atoms with Crippen molar-refractivity contribution in [3.05, 3.63) is 18.2 Å². The van der Waals surface area contributed by atoms with Crippen LogP contribution in [0.3, 0.4) is 0 Å². The van der Waals surface area contributed by atoms with Crippen molar-refractivity contribution in [3.8, 4) is 0 Å². The molecule has 0 spiro atoms. The van der Waals surface area contributed by atoms with E-state index in [0.29, 0.717) is 13.1 Å². The summed E-state index contributed by atoms with van der Waals surface area (Å²) in [5.74, 6) is 0.257. The van der Waals surface area contributed by atoms with Crippen LogP contribution in [-0.4, -0.2) is 45.4 Å². The third kappa shape index (κ3) is 2.88. The topological polar surface area (TPSA) is 144 Å². The minimum atomic E-state index is -3.63. The largest absolute Gasteiger partial charge is 0.329 e. The van der Waals surface area contributed by atoms with E-state index < -0.39 is 10.0 Å². The molecule has 0 radical (unpaired) electrons. The minimum absolute atomic E-state index is 0.0408. The smallest absolute Gasteiger partial charge is 0.244 e. The number of hydrogen-bond donors (Lipinski definition) is 3. The molecule has 2 aromatic rings. The Kier molecular flexibility index (Phi) is 3.64. The average Bonchev–Trinajstić information content (AvgIpc) is 2.98. The molecule has 10 nitrogen and oxygen atoms in total. The first-order valence-electron chi connectivity index (χ1n) is 5.06. The molecule has 4 N–H and O–H groups in total. The first kappa shape index (κ1) is 12.6. The van der Waals surface area contributed by atoms with E-state index in [0.717, 1.165) is 0 Å². The molecule has 0 amide bonds. The van der Waals surface area contributed by atoms with E-state index in [4.69, 9.17) is 5.73 Å². The second-order valence-electron chi connectivity index (χ2n) is 3.38. The summed E-state index contributed by atoms with van der Waals surface area (Å²) in [7, 11) is -3.63. The van der Waals surface area contributed by atoms with Crippen molar-refractivity contribution in [1.29, 1.82) is 0 Å². The van der Waals surface area contributed by atoms with Gasteiger partial charge in [-0.25, -0.2) is 13.1 Å². The molecule has 0 saturated carbocycles. The SMILES string of the molecule is NCCn1cc(S(=O)(=O)NCc2nn[nH]n2)cn1. The maximum Gasteiger partial charge on any atom is 0.244 e. The van der Waals surface area contributed by atoms with Crippen molar-refractivity contribution in [2.45, 2.75) is 18.0 Å². The van der Waals surface area contributed by atoms with Gasteiger partial charge in [0.05, 0.1) is 19.3 Å². The zero-order valence-electron chi connectivity index (χ0n) is 9.31. The fourth-order valence-corrected chi connectivity index (χ4v) is 2.17.